The van der Waals surface area contributed by atoms with E-state index in [0.717, 1.165) is 13.0 Å². The summed E-state index contributed by atoms with van der Waals surface area (Å²) < 4.78 is 9.88. The van der Waals surface area contributed by atoms with Crippen LogP contribution in [0.1, 0.15) is 12.8 Å². The van der Waals surface area contributed by atoms with Gasteiger partial charge in [-0.2, -0.15) is 0 Å². The van der Waals surface area contributed by atoms with Crippen LogP contribution in [0.25, 0.3) is 0 Å². The number of rotatable bonds is 1. The Bertz CT molecular complexity index is 450. The molecule has 5 saturated carbocycles. The van der Waals surface area contributed by atoms with E-state index in [1.807, 2.05) is 0 Å². The molecule has 5 nitrogen and oxygen atoms in total. The van der Waals surface area contributed by atoms with Crippen molar-refractivity contribution in [1.29, 1.82) is 0 Å². The number of nitrogens with zero attached hydrogens (tertiary/aromatic N) is 1. The first-order valence-electron chi connectivity index (χ1n) is 6.59. The summed E-state index contributed by atoms with van der Waals surface area (Å²) in [4.78, 5) is 25.8. The minimum atomic E-state index is -0.380. The molecule has 7 rings (SSSR count). The zero-order chi connectivity index (χ0) is 12.7. The van der Waals surface area contributed by atoms with Crippen LogP contribution in [0.3, 0.4) is 0 Å². The summed E-state index contributed by atoms with van der Waals surface area (Å²) in [6.07, 6.45) is 2.03. The standard InChI is InChI=1S/C13H17NO4/c1-17-11(15)13-8-4-9(13)7-3-6(8)5-14(10(7)13)12(16)18-2/h6-10H,3-5H2,1-2H3/t6-,7-,8+,9?,10-,13-/m1/s1. The summed E-state index contributed by atoms with van der Waals surface area (Å²) in [5.41, 5.74) is -0.380. The van der Waals surface area contributed by atoms with E-state index >= 15 is 0 Å². The molecule has 18 heavy (non-hydrogen) atoms. The summed E-state index contributed by atoms with van der Waals surface area (Å²) in [6, 6.07) is 0.0335. The highest BCUT2D eigenvalue weighted by Gasteiger charge is 2.84. The smallest absolute Gasteiger partial charge is 0.409 e. The summed E-state index contributed by atoms with van der Waals surface area (Å²) >= 11 is 0. The molecule has 0 aromatic heterocycles. The highest BCUT2D eigenvalue weighted by molar-refractivity contribution is 5.84. The van der Waals surface area contributed by atoms with E-state index < -0.39 is 0 Å². The van der Waals surface area contributed by atoms with Gasteiger partial charge in [0.2, 0.25) is 0 Å². The Labute approximate surface area is 105 Å². The first-order valence-corrected chi connectivity index (χ1v) is 6.59. The second-order valence-corrected chi connectivity index (χ2v) is 6.10. The van der Waals surface area contributed by atoms with Gasteiger partial charge in [0, 0.05) is 6.54 Å². The van der Waals surface area contributed by atoms with Crippen LogP contribution >= 0.6 is 0 Å². The number of hydrogen-bond acceptors (Lipinski definition) is 4. The van der Waals surface area contributed by atoms with Crippen molar-refractivity contribution in [3.63, 3.8) is 0 Å². The molecule has 6 atom stereocenters. The number of esters is 1. The van der Waals surface area contributed by atoms with Gasteiger partial charge < -0.3 is 14.4 Å². The Morgan fingerprint density at radius 2 is 1.94 bits per heavy atom. The maximum atomic E-state index is 12.2. The SMILES string of the molecule is COC(=O)N1C[C@H]2C[C@@H]3C4C[C@@H]2[C@]4(C(=O)OC)[C@@H]31. The number of fused-ring (bicyclic) bond motifs is 1. The molecule has 2 heterocycles. The summed E-state index contributed by atoms with van der Waals surface area (Å²) in [6.45, 7) is 0.754. The Morgan fingerprint density at radius 1 is 1.17 bits per heavy atom. The molecule has 2 aliphatic heterocycles. The van der Waals surface area contributed by atoms with E-state index in [2.05, 4.69) is 0 Å². The van der Waals surface area contributed by atoms with Crippen molar-refractivity contribution < 1.29 is 19.1 Å². The van der Waals surface area contributed by atoms with Gasteiger partial charge >= 0.3 is 12.1 Å². The summed E-state index contributed by atoms with van der Waals surface area (Å²) in [5, 5.41) is 0. The van der Waals surface area contributed by atoms with Crippen LogP contribution in [0.15, 0.2) is 0 Å². The highest BCUT2D eigenvalue weighted by Crippen LogP contribution is 2.78. The quantitative estimate of drug-likeness (QED) is 0.649. The number of carbonyl (C=O) groups excluding carboxylic acids is 2. The third-order valence-electron chi connectivity index (χ3n) is 6.01. The molecule has 1 unspecified atom stereocenters. The lowest BCUT2D eigenvalue weighted by Crippen LogP contribution is -2.87. The number of ether oxygens (including phenoxy) is 2. The second-order valence-electron chi connectivity index (χ2n) is 6.10. The van der Waals surface area contributed by atoms with Crippen LogP contribution in [-0.2, 0) is 14.3 Å². The van der Waals surface area contributed by atoms with Crippen molar-refractivity contribution in [2.75, 3.05) is 20.8 Å². The van der Waals surface area contributed by atoms with E-state index in [-0.39, 0.29) is 23.5 Å². The molecular weight excluding hydrogens is 234 g/mol. The average molecular weight is 251 g/mol. The van der Waals surface area contributed by atoms with Crippen LogP contribution in [0.4, 0.5) is 4.79 Å². The van der Waals surface area contributed by atoms with E-state index in [1.54, 1.807) is 4.90 Å². The monoisotopic (exact) mass is 251 g/mol. The van der Waals surface area contributed by atoms with Crippen molar-refractivity contribution in [3.05, 3.63) is 0 Å². The van der Waals surface area contributed by atoms with E-state index in [0.29, 0.717) is 23.7 Å². The topological polar surface area (TPSA) is 55.8 Å². The first kappa shape index (κ1) is 10.6. The fourth-order valence-corrected chi connectivity index (χ4v) is 5.55. The molecule has 0 spiro atoms. The Morgan fingerprint density at radius 3 is 2.56 bits per heavy atom. The zero-order valence-electron chi connectivity index (χ0n) is 10.6. The number of methoxy groups -OCH3 is 2. The second kappa shape index (κ2) is 3.00. The molecule has 1 amide bonds. The molecule has 5 aliphatic carbocycles. The molecule has 7 aliphatic rings. The molecule has 6 bridgehead atoms. The number of carbonyl (C=O) groups is 2. The van der Waals surface area contributed by atoms with Gasteiger partial charge in [-0.05, 0) is 36.5 Å². The van der Waals surface area contributed by atoms with E-state index in [1.165, 1.54) is 20.6 Å². The van der Waals surface area contributed by atoms with Crippen molar-refractivity contribution in [2.24, 2.45) is 29.1 Å². The van der Waals surface area contributed by atoms with Crippen LogP contribution in [0.2, 0.25) is 0 Å². The molecule has 0 radical (unpaired) electrons. The predicted molar refractivity (Wildman–Crippen MR) is 60.5 cm³/mol. The number of amides is 1. The molecule has 0 N–H and O–H groups in total. The maximum absolute atomic E-state index is 12.2. The first-order chi connectivity index (χ1) is 8.66. The fourth-order valence-electron chi connectivity index (χ4n) is 5.55. The molecule has 2 saturated heterocycles. The predicted octanol–water partition coefficient (Wildman–Crippen LogP) is 0.882. The lowest BCUT2D eigenvalue weighted by Gasteiger charge is -2.80. The normalized spacial score (nSPS) is 50.1. The van der Waals surface area contributed by atoms with Gasteiger partial charge in [0.15, 0.2) is 0 Å². The Kier molecular flexibility index (Phi) is 1.78. The van der Waals surface area contributed by atoms with E-state index in [9.17, 15) is 9.59 Å². The van der Waals surface area contributed by atoms with Crippen LogP contribution in [-0.4, -0.2) is 43.8 Å². The van der Waals surface area contributed by atoms with Crippen LogP contribution < -0.4 is 0 Å². The van der Waals surface area contributed by atoms with E-state index in [4.69, 9.17) is 9.47 Å². The van der Waals surface area contributed by atoms with Crippen molar-refractivity contribution >= 4 is 12.1 Å². The van der Waals surface area contributed by atoms with Crippen molar-refractivity contribution in [3.8, 4) is 0 Å². The lowest BCUT2D eigenvalue weighted by molar-refractivity contribution is -0.327. The Hall–Kier alpha value is -1.26. The molecule has 0 aromatic rings. The maximum Gasteiger partial charge on any atom is 0.409 e. The van der Waals surface area contributed by atoms with Gasteiger partial charge in [0.1, 0.15) is 0 Å². The molecular formula is C13H17NO4. The number of piperidine rings is 2. The van der Waals surface area contributed by atoms with Gasteiger partial charge in [-0.15, -0.1) is 0 Å². The molecule has 5 heteroatoms. The van der Waals surface area contributed by atoms with Gasteiger partial charge in [-0.3, -0.25) is 4.79 Å². The summed E-state index contributed by atoms with van der Waals surface area (Å²) in [7, 11) is 2.86. The lowest BCUT2D eigenvalue weighted by atomic mass is 9.26. The van der Waals surface area contributed by atoms with Crippen molar-refractivity contribution in [1.82, 2.24) is 4.90 Å². The van der Waals surface area contributed by atoms with Gasteiger partial charge in [-0.1, -0.05) is 0 Å². The van der Waals surface area contributed by atoms with Gasteiger partial charge in [-0.25, -0.2) is 4.79 Å². The fraction of sp³-hybridized carbons (Fsp3) is 0.846. The third-order valence-corrected chi connectivity index (χ3v) is 6.01. The largest absolute Gasteiger partial charge is 0.469 e. The third kappa shape index (κ3) is 0.806. The molecule has 7 fully saturated rings. The average Bonchev–Trinajstić information content (AvgIpc) is 2.38. The van der Waals surface area contributed by atoms with Crippen LogP contribution in [0, 0.1) is 29.1 Å². The summed E-state index contributed by atoms with van der Waals surface area (Å²) in [5.74, 6) is 1.73. The van der Waals surface area contributed by atoms with Gasteiger partial charge in [0.05, 0.1) is 25.7 Å². The molecule has 0 aromatic carbocycles. The number of hydrogen-bond donors (Lipinski definition) is 0. The van der Waals surface area contributed by atoms with Gasteiger partial charge in [0.25, 0.3) is 0 Å². The van der Waals surface area contributed by atoms with Crippen molar-refractivity contribution in [2.45, 2.75) is 18.9 Å². The van der Waals surface area contributed by atoms with Crippen LogP contribution in [0.5, 0.6) is 0 Å². The minimum Gasteiger partial charge on any atom is -0.469 e. The zero-order valence-corrected chi connectivity index (χ0v) is 10.6. The Balaban J connectivity index is 1.74. The minimum absolute atomic E-state index is 0.0335. The highest BCUT2D eigenvalue weighted by atomic mass is 16.5. The molecule has 98 valence electrons.